The van der Waals surface area contributed by atoms with E-state index in [4.69, 9.17) is 4.74 Å². The van der Waals surface area contributed by atoms with Crippen LogP contribution in [0, 0.1) is 5.82 Å². The highest BCUT2D eigenvalue weighted by Gasteiger charge is 2.27. The van der Waals surface area contributed by atoms with Crippen molar-refractivity contribution in [3.05, 3.63) is 17.8 Å². The fourth-order valence-corrected chi connectivity index (χ4v) is 1.61. The number of hydrogen-bond acceptors (Lipinski definition) is 5. The molecule has 5 nitrogen and oxygen atoms in total. The van der Waals surface area contributed by atoms with Gasteiger partial charge in [-0.15, -0.1) is 0 Å². The summed E-state index contributed by atoms with van der Waals surface area (Å²) in [6.07, 6.45) is 1.19. The van der Waals surface area contributed by atoms with Crippen molar-refractivity contribution in [2.45, 2.75) is 25.5 Å². The van der Waals surface area contributed by atoms with Crippen molar-refractivity contribution in [1.29, 1.82) is 0 Å². The van der Waals surface area contributed by atoms with Crippen LogP contribution in [0.25, 0.3) is 0 Å². The van der Waals surface area contributed by atoms with E-state index in [1.54, 1.807) is 0 Å². The van der Waals surface area contributed by atoms with Crippen LogP contribution in [0.4, 0.5) is 10.2 Å². The van der Waals surface area contributed by atoms with Gasteiger partial charge in [0.2, 0.25) is 0 Å². The van der Waals surface area contributed by atoms with Gasteiger partial charge in [0.25, 0.3) is 0 Å². The Kier molecular flexibility index (Phi) is 3.31. The minimum atomic E-state index is -0.626. The second-order valence-corrected chi connectivity index (χ2v) is 3.69. The first kappa shape index (κ1) is 11.2. The van der Waals surface area contributed by atoms with Crippen molar-refractivity contribution in [1.82, 2.24) is 9.97 Å². The van der Waals surface area contributed by atoms with Crippen LogP contribution in [0.3, 0.4) is 0 Å². The van der Waals surface area contributed by atoms with Crippen LogP contribution in [0.15, 0.2) is 6.33 Å². The van der Waals surface area contributed by atoms with E-state index in [0.29, 0.717) is 18.7 Å². The zero-order chi connectivity index (χ0) is 11.5. The fraction of sp³-hybridized carbons (Fsp3) is 0.600. The van der Waals surface area contributed by atoms with Crippen molar-refractivity contribution < 1.29 is 14.2 Å². The van der Waals surface area contributed by atoms with Crippen LogP contribution in [0.2, 0.25) is 0 Å². The Bertz CT molecular complexity index is 375. The number of hydrogen-bond donors (Lipinski definition) is 2. The molecule has 2 rings (SSSR count). The van der Waals surface area contributed by atoms with Gasteiger partial charge < -0.3 is 15.2 Å². The maximum absolute atomic E-state index is 13.7. The van der Waals surface area contributed by atoms with Crippen LogP contribution in [0.1, 0.15) is 12.6 Å². The molecular weight excluding hydrogens is 213 g/mol. The van der Waals surface area contributed by atoms with Crippen molar-refractivity contribution in [3.8, 4) is 0 Å². The lowest BCUT2D eigenvalue weighted by Crippen LogP contribution is -2.32. The van der Waals surface area contributed by atoms with E-state index >= 15 is 0 Å². The quantitative estimate of drug-likeness (QED) is 0.780. The molecule has 0 unspecified atom stereocenters. The molecule has 1 aromatic heterocycles. The Morgan fingerprint density at radius 3 is 3.00 bits per heavy atom. The summed E-state index contributed by atoms with van der Waals surface area (Å²) in [5, 5.41) is 12.3. The molecule has 1 aromatic rings. The predicted octanol–water partition coefficient (Wildman–Crippen LogP) is 0.350. The van der Waals surface area contributed by atoms with Crippen LogP contribution in [-0.4, -0.2) is 40.4 Å². The Labute approximate surface area is 92.7 Å². The summed E-state index contributed by atoms with van der Waals surface area (Å²) in [4.78, 5) is 7.65. The summed E-state index contributed by atoms with van der Waals surface area (Å²) in [5.74, 6) is -0.328. The van der Waals surface area contributed by atoms with Gasteiger partial charge in [-0.1, -0.05) is 6.92 Å². The number of aliphatic hydroxyl groups excluding tert-OH is 1. The second kappa shape index (κ2) is 4.71. The van der Waals surface area contributed by atoms with E-state index in [-0.39, 0.29) is 18.5 Å². The monoisotopic (exact) mass is 227 g/mol. The van der Waals surface area contributed by atoms with Crippen LogP contribution in [-0.2, 0) is 11.2 Å². The van der Waals surface area contributed by atoms with Crippen molar-refractivity contribution in [2.75, 3.05) is 18.5 Å². The molecule has 0 amide bonds. The molecule has 0 aromatic carbocycles. The minimum absolute atomic E-state index is 0.126. The second-order valence-electron chi connectivity index (χ2n) is 3.69. The summed E-state index contributed by atoms with van der Waals surface area (Å²) >= 11 is 0. The molecule has 1 saturated heterocycles. The Morgan fingerprint density at radius 2 is 2.38 bits per heavy atom. The molecule has 2 N–H and O–H groups in total. The van der Waals surface area contributed by atoms with Crippen molar-refractivity contribution >= 4 is 5.82 Å². The molecule has 1 fully saturated rings. The lowest BCUT2D eigenvalue weighted by atomic mass is 10.2. The van der Waals surface area contributed by atoms with Crippen LogP contribution in [0.5, 0.6) is 0 Å². The van der Waals surface area contributed by atoms with Crippen molar-refractivity contribution in [2.24, 2.45) is 0 Å². The number of nitrogens with one attached hydrogen (secondary N) is 1. The highest BCUT2D eigenvalue weighted by atomic mass is 19.1. The summed E-state index contributed by atoms with van der Waals surface area (Å²) in [5.41, 5.74) is 0.367. The van der Waals surface area contributed by atoms with Gasteiger partial charge in [0.1, 0.15) is 6.33 Å². The van der Waals surface area contributed by atoms with Gasteiger partial charge in [0.15, 0.2) is 11.6 Å². The van der Waals surface area contributed by atoms with Gasteiger partial charge >= 0.3 is 0 Å². The van der Waals surface area contributed by atoms with Gasteiger partial charge in [-0.25, -0.2) is 14.4 Å². The third kappa shape index (κ3) is 2.12. The van der Waals surface area contributed by atoms with Gasteiger partial charge in [0.05, 0.1) is 31.1 Å². The van der Waals surface area contributed by atoms with E-state index in [2.05, 4.69) is 15.3 Å². The molecule has 6 heteroatoms. The maximum atomic E-state index is 13.7. The third-order valence-electron chi connectivity index (χ3n) is 2.57. The minimum Gasteiger partial charge on any atom is -0.388 e. The van der Waals surface area contributed by atoms with E-state index in [9.17, 15) is 9.50 Å². The first-order chi connectivity index (χ1) is 7.72. The SMILES string of the molecule is CCc1ncnc(N[C@@H]2COC[C@@H]2O)c1F. The van der Waals surface area contributed by atoms with Gasteiger partial charge in [0, 0.05) is 0 Å². The van der Waals surface area contributed by atoms with Gasteiger partial charge in [-0.3, -0.25) is 0 Å². The number of halogens is 1. The van der Waals surface area contributed by atoms with Gasteiger partial charge in [-0.2, -0.15) is 0 Å². The molecule has 1 aliphatic heterocycles. The zero-order valence-electron chi connectivity index (χ0n) is 8.98. The standard InChI is InChI=1S/C10H14FN3O2/c1-2-6-9(11)10(13-5-12-6)14-7-3-16-4-8(7)15/h5,7-8,15H,2-4H2,1H3,(H,12,13,14)/t7-,8+/m1/s1. The van der Waals surface area contributed by atoms with Crippen molar-refractivity contribution in [3.63, 3.8) is 0 Å². The number of rotatable bonds is 3. The lowest BCUT2D eigenvalue weighted by Gasteiger charge is -2.15. The lowest BCUT2D eigenvalue weighted by molar-refractivity contribution is 0.125. The number of nitrogens with zero attached hydrogens (tertiary/aromatic N) is 2. The van der Waals surface area contributed by atoms with E-state index in [1.807, 2.05) is 6.92 Å². The predicted molar refractivity (Wildman–Crippen MR) is 55.6 cm³/mol. The molecule has 0 saturated carbocycles. The molecule has 1 aliphatic rings. The molecule has 2 heterocycles. The number of aliphatic hydroxyl groups is 1. The summed E-state index contributed by atoms with van der Waals surface area (Å²) in [6, 6.07) is -0.311. The molecule has 0 radical (unpaired) electrons. The van der Waals surface area contributed by atoms with E-state index in [0.717, 1.165) is 0 Å². The molecule has 2 atom stereocenters. The van der Waals surface area contributed by atoms with E-state index in [1.165, 1.54) is 6.33 Å². The molecule has 88 valence electrons. The first-order valence-corrected chi connectivity index (χ1v) is 5.24. The number of anilines is 1. The normalized spacial score (nSPS) is 24.7. The fourth-order valence-electron chi connectivity index (χ4n) is 1.61. The molecule has 0 spiro atoms. The average Bonchev–Trinajstić information content (AvgIpc) is 2.68. The Balaban J connectivity index is 2.14. The topological polar surface area (TPSA) is 67.3 Å². The summed E-state index contributed by atoms with van der Waals surface area (Å²) in [6.45, 7) is 2.44. The number of ether oxygens (including phenoxy) is 1. The molecular formula is C10H14FN3O2. The highest BCUT2D eigenvalue weighted by Crippen LogP contribution is 2.17. The number of aryl methyl sites for hydroxylation is 1. The van der Waals surface area contributed by atoms with Crippen LogP contribution >= 0.6 is 0 Å². The van der Waals surface area contributed by atoms with Gasteiger partial charge in [-0.05, 0) is 6.42 Å². The number of aromatic nitrogens is 2. The molecule has 0 bridgehead atoms. The Hall–Kier alpha value is -1.27. The molecule has 0 aliphatic carbocycles. The smallest absolute Gasteiger partial charge is 0.186 e. The summed E-state index contributed by atoms with van der Waals surface area (Å²) in [7, 11) is 0. The Morgan fingerprint density at radius 1 is 1.56 bits per heavy atom. The van der Waals surface area contributed by atoms with E-state index < -0.39 is 11.9 Å². The maximum Gasteiger partial charge on any atom is 0.186 e. The highest BCUT2D eigenvalue weighted by molar-refractivity contribution is 5.39. The summed E-state index contributed by atoms with van der Waals surface area (Å²) < 4.78 is 18.8. The average molecular weight is 227 g/mol. The first-order valence-electron chi connectivity index (χ1n) is 5.24. The third-order valence-corrected chi connectivity index (χ3v) is 2.57. The molecule has 16 heavy (non-hydrogen) atoms. The zero-order valence-corrected chi connectivity index (χ0v) is 8.98. The van der Waals surface area contributed by atoms with Crippen LogP contribution < -0.4 is 5.32 Å². The largest absolute Gasteiger partial charge is 0.388 e.